The largest absolute Gasteiger partial charge is 0.352 e. The van der Waals surface area contributed by atoms with E-state index >= 15 is 0 Å². The van der Waals surface area contributed by atoms with E-state index < -0.39 is 0 Å². The fourth-order valence-corrected chi connectivity index (χ4v) is 0.843. The summed E-state index contributed by atoms with van der Waals surface area (Å²) in [5.41, 5.74) is 0. The van der Waals surface area contributed by atoms with Crippen LogP contribution < -0.4 is 10.6 Å². The van der Waals surface area contributed by atoms with Crippen molar-refractivity contribution in [3.8, 4) is 0 Å². The van der Waals surface area contributed by atoms with Crippen LogP contribution in [0, 0.1) is 0 Å². The summed E-state index contributed by atoms with van der Waals surface area (Å²) in [4.78, 5) is 11.1. The molecule has 12 heavy (non-hydrogen) atoms. The van der Waals surface area contributed by atoms with Crippen LogP contribution in [0.4, 0.5) is 0 Å². The fourth-order valence-electron chi connectivity index (χ4n) is 0.843. The Morgan fingerprint density at radius 3 is 2.92 bits per heavy atom. The summed E-state index contributed by atoms with van der Waals surface area (Å²) in [7, 11) is 0. The van der Waals surface area contributed by atoms with Crippen LogP contribution in [0.3, 0.4) is 0 Å². The standard InChI is InChI=1S/C9H16N2O/c1-3-7(2)10-6-9(12)11-8-4-5-8/h3,7-8,10H,1,4-6H2,2H3,(H,11,12). The van der Waals surface area contributed by atoms with Gasteiger partial charge in [0.1, 0.15) is 0 Å². The second kappa shape index (κ2) is 4.26. The average molecular weight is 168 g/mol. The third-order valence-electron chi connectivity index (χ3n) is 1.88. The van der Waals surface area contributed by atoms with E-state index in [0.717, 1.165) is 12.8 Å². The molecule has 3 heteroatoms. The van der Waals surface area contributed by atoms with Crippen molar-refractivity contribution in [2.24, 2.45) is 0 Å². The molecule has 1 unspecified atom stereocenters. The van der Waals surface area contributed by atoms with Gasteiger partial charge < -0.3 is 10.6 Å². The van der Waals surface area contributed by atoms with Crippen molar-refractivity contribution in [3.63, 3.8) is 0 Å². The van der Waals surface area contributed by atoms with Gasteiger partial charge in [0.2, 0.25) is 5.91 Å². The molecule has 1 rings (SSSR count). The molecule has 68 valence electrons. The summed E-state index contributed by atoms with van der Waals surface area (Å²) >= 11 is 0. The highest BCUT2D eigenvalue weighted by molar-refractivity contribution is 5.78. The smallest absolute Gasteiger partial charge is 0.234 e. The molecule has 0 aromatic heterocycles. The lowest BCUT2D eigenvalue weighted by Crippen LogP contribution is -2.38. The highest BCUT2D eigenvalue weighted by atomic mass is 16.2. The Kier molecular flexibility index (Phi) is 3.29. The average Bonchev–Trinajstić information content (AvgIpc) is 2.84. The van der Waals surface area contributed by atoms with Crippen molar-refractivity contribution >= 4 is 5.91 Å². The van der Waals surface area contributed by atoms with Gasteiger partial charge in [0.05, 0.1) is 6.54 Å². The molecule has 0 aliphatic heterocycles. The third-order valence-corrected chi connectivity index (χ3v) is 1.88. The number of amides is 1. The molecule has 0 heterocycles. The Labute approximate surface area is 73.2 Å². The Morgan fingerprint density at radius 2 is 2.42 bits per heavy atom. The highest BCUT2D eigenvalue weighted by Gasteiger charge is 2.22. The van der Waals surface area contributed by atoms with Gasteiger partial charge >= 0.3 is 0 Å². The van der Waals surface area contributed by atoms with Crippen molar-refractivity contribution in [2.75, 3.05) is 6.54 Å². The lowest BCUT2D eigenvalue weighted by molar-refractivity contribution is -0.120. The van der Waals surface area contributed by atoms with Crippen molar-refractivity contribution in [3.05, 3.63) is 12.7 Å². The van der Waals surface area contributed by atoms with Crippen LogP contribution in [-0.2, 0) is 4.79 Å². The summed E-state index contributed by atoms with van der Waals surface area (Å²) < 4.78 is 0. The topological polar surface area (TPSA) is 41.1 Å². The Morgan fingerprint density at radius 1 is 1.75 bits per heavy atom. The second-order valence-electron chi connectivity index (χ2n) is 3.25. The maximum absolute atomic E-state index is 11.1. The lowest BCUT2D eigenvalue weighted by Gasteiger charge is -2.08. The summed E-state index contributed by atoms with van der Waals surface area (Å²) in [5, 5.41) is 5.93. The monoisotopic (exact) mass is 168 g/mol. The summed E-state index contributed by atoms with van der Waals surface area (Å²) in [6.45, 7) is 5.98. The third kappa shape index (κ3) is 3.53. The first-order chi connectivity index (χ1) is 5.72. The normalized spacial score (nSPS) is 18.4. The molecule has 2 N–H and O–H groups in total. The molecule has 1 amide bonds. The number of hydrogen-bond acceptors (Lipinski definition) is 2. The molecule has 1 aliphatic carbocycles. The number of nitrogens with one attached hydrogen (secondary N) is 2. The van der Waals surface area contributed by atoms with E-state index in [0.29, 0.717) is 12.6 Å². The molecule has 1 aliphatic rings. The zero-order valence-corrected chi connectivity index (χ0v) is 7.47. The molecule has 1 atom stereocenters. The van der Waals surface area contributed by atoms with Gasteiger partial charge in [0.25, 0.3) is 0 Å². The Hall–Kier alpha value is -0.830. The number of hydrogen-bond donors (Lipinski definition) is 2. The van der Waals surface area contributed by atoms with E-state index in [1.807, 2.05) is 6.92 Å². The maximum Gasteiger partial charge on any atom is 0.234 e. The van der Waals surface area contributed by atoms with Crippen molar-refractivity contribution < 1.29 is 4.79 Å². The molecule has 3 nitrogen and oxygen atoms in total. The Bertz CT molecular complexity index is 175. The predicted molar refractivity (Wildman–Crippen MR) is 48.8 cm³/mol. The van der Waals surface area contributed by atoms with Gasteiger partial charge in [-0.25, -0.2) is 0 Å². The molecule has 0 radical (unpaired) electrons. The van der Waals surface area contributed by atoms with Crippen LogP contribution in [0.25, 0.3) is 0 Å². The molecular weight excluding hydrogens is 152 g/mol. The van der Waals surface area contributed by atoms with Crippen LogP contribution in [0.15, 0.2) is 12.7 Å². The molecule has 0 saturated heterocycles. The molecule has 0 spiro atoms. The molecular formula is C9H16N2O. The van der Waals surface area contributed by atoms with E-state index in [9.17, 15) is 4.79 Å². The van der Waals surface area contributed by atoms with Gasteiger partial charge in [-0.05, 0) is 19.8 Å². The molecule has 1 fully saturated rings. The van der Waals surface area contributed by atoms with Gasteiger partial charge in [0.15, 0.2) is 0 Å². The van der Waals surface area contributed by atoms with E-state index in [1.165, 1.54) is 0 Å². The van der Waals surface area contributed by atoms with Crippen LogP contribution >= 0.6 is 0 Å². The first kappa shape index (κ1) is 9.26. The van der Waals surface area contributed by atoms with Crippen LogP contribution in [0.5, 0.6) is 0 Å². The van der Waals surface area contributed by atoms with Gasteiger partial charge in [0, 0.05) is 12.1 Å². The van der Waals surface area contributed by atoms with Crippen molar-refractivity contribution in [1.82, 2.24) is 10.6 Å². The fraction of sp³-hybridized carbons (Fsp3) is 0.667. The zero-order valence-electron chi connectivity index (χ0n) is 7.47. The van der Waals surface area contributed by atoms with Gasteiger partial charge in [-0.1, -0.05) is 6.08 Å². The lowest BCUT2D eigenvalue weighted by atomic mass is 10.3. The highest BCUT2D eigenvalue weighted by Crippen LogP contribution is 2.18. The second-order valence-corrected chi connectivity index (χ2v) is 3.25. The van der Waals surface area contributed by atoms with E-state index in [-0.39, 0.29) is 11.9 Å². The SMILES string of the molecule is C=CC(C)NCC(=O)NC1CC1. The van der Waals surface area contributed by atoms with Gasteiger partial charge in [-0.3, -0.25) is 4.79 Å². The summed E-state index contributed by atoms with van der Waals surface area (Å²) in [6.07, 6.45) is 4.07. The first-order valence-electron chi connectivity index (χ1n) is 4.37. The van der Waals surface area contributed by atoms with E-state index in [1.54, 1.807) is 6.08 Å². The summed E-state index contributed by atoms with van der Waals surface area (Å²) in [6, 6.07) is 0.660. The van der Waals surface area contributed by atoms with Crippen LogP contribution in [-0.4, -0.2) is 24.5 Å². The maximum atomic E-state index is 11.1. The first-order valence-corrected chi connectivity index (χ1v) is 4.37. The van der Waals surface area contributed by atoms with Crippen LogP contribution in [0.1, 0.15) is 19.8 Å². The van der Waals surface area contributed by atoms with Crippen molar-refractivity contribution in [2.45, 2.75) is 31.8 Å². The number of rotatable bonds is 5. The Balaban J connectivity index is 2.04. The van der Waals surface area contributed by atoms with Gasteiger partial charge in [-0.15, -0.1) is 6.58 Å². The molecule has 0 aromatic rings. The van der Waals surface area contributed by atoms with Crippen molar-refractivity contribution in [1.29, 1.82) is 0 Å². The molecule has 0 bridgehead atoms. The predicted octanol–water partition coefficient (Wildman–Crippen LogP) is 0.429. The number of carbonyl (C=O) groups is 1. The molecule has 1 saturated carbocycles. The minimum atomic E-state index is 0.0891. The minimum absolute atomic E-state index is 0.0891. The minimum Gasteiger partial charge on any atom is -0.352 e. The van der Waals surface area contributed by atoms with Crippen LogP contribution in [0.2, 0.25) is 0 Å². The quantitative estimate of drug-likeness (QED) is 0.584. The zero-order chi connectivity index (χ0) is 8.97. The number of carbonyl (C=O) groups excluding carboxylic acids is 1. The van der Waals surface area contributed by atoms with E-state index in [2.05, 4.69) is 17.2 Å². The van der Waals surface area contributed by atoms with Gasteiger partial charge in [-0.2, -0.15) is 0 Å². The van der Waals surface area contributed by atoms with E-state index in [4.69, 9.17) is 0 Å². The molecule has 0 aromatic carbocycles. The summed E-state index contributed by atoms with van der Waals surface area (Å²) in [5.74, 6) is 0.0891.